The predicted molar refractivity (Wildman–Crippen MR) is 269 cm³/mol. The average molecular weight is 1100 g/mol. The average Bonchev–Trinajstić information content (AvgIpc) is 4.24. The molecule has 0 unspecified atom stereocenters. The summed E-state index contributed by atoms with van der Waals surface area (Å²) in [6.07, 6.45) is -6.16. The number of ether oxygens (including phenoxy) is 4. The number of benzene rings is 4. The third kappa shape index (κ3) is 14.3. The number of halogens is 6. The number of thiazole rings is 2. The molecule has 396 valence electrons. The SMILES string of the molecule is COc1cc(OCc2sc(-c3ccc(C(F)(F)F)cc3)nc2CCCN2CCSCC2)ccc1-c1noc(=O)[nH]1.COc1cc(OCc2sc(-c3ccc(C(F)(F)F)cc3)nc2CCCO)ccc1-c1noc(=O)[nH]1. The van der Waals surface area contributed by atoms with Crippen molar-refractivity contribution in [2.24, 2.45) is 0 Å². The summed E-state index contributed by atoms with van der Waals surface area (Å²) in [5.41, 5.74) is 2.42. The summed E-state index contributed by atoms with van der Waals surface area (Å²) >= 11 is 4.70. The first-order chi connectivity index (χ1) is 36.1. The van der Waals surface area contributed by atoms with Crippen LogP contribution in [0.5, 0.6) is 23.0 Å². The summed E-state index contributed by atoms with van der Waals surface area (Å²) in [4.78, 5) is 41.1. The third-order valence-electron chi connectivity index (χ3n) is 11.5. The number of hydrogen-bond donors (Lipinski definition) is 3. The van der Waals surface area contributed by atoms with E-state index < -0.39 is 35.0 Å². The second-order valence-corrected chi connectivity index (χ2v) is 19.9. The molecule has 0 amide bonds. The van der Waals surface area contributed by atoms with Crippen molar-refractivity contribution >= 4 is 34.4 Å². The Balaban J connectivity index is 0.000000201. The highest BCUT2D eigenvalue weighted by atomic mass is 32.2. The molecule has 0 bridgehead atoms. The molecule has 16 nitrogen and oxygen atoms in total. The van der Waals surface area contributed by atoms with Crippen molar-refractivity contribution in [1.29, 1.82) is 0 Å². The zero-order chi connectivity index (χ0) is 53.1. The van der Waals surface area contributed by atoms with Gasteiger partial charge in [-0.1, -0.05) is 34.6 Å². The molecule has 25 heteroatoms. The molecule has 0 radical (unpaired) electrons. The van der Waals surface area contributed by atoms with Gasteiger partial charge in [-0.15, -0.1) is 22.7 Å². The molecule has 0 spiro atoms. The van der Waals surface area contributed by atoms with Crippen LogP contribution in [0.4, 0.5) is 26.3 Å². The van der Waals surface area contributed by atoms with Gasteiger partial charge in [-0.05, 0) is 80.8 Å². The standard InChI is InChI=1S/C27H27F3N4O4S2.C23H20F3N3O5S/c1-36-22-15-19(8-9-20(22)24-32-26(35)38-33-24)37-16-23-21(3-2-10-34-11-13-39-14-12-34)31-25(40-23)17-4-6-18(7-5-17)27(28,29)30;1-32-18-11-15(8-9-16(18)20-28-22(31)34-29-20)33-12-19-17(3-2-10-30)27-21(35-19)13-4-6-14(7-5-13)23(24,25)26/h4-9,15H,2-3,10-14,16H2,1H3,(H,32,33,35);4-9,11,30H,2-3,10,12H2,1H3,(H,28,29,31). The normalized spacial score (nSPS) is 13.1. The van der Waals surface area contributed by atoms with Crippen molar-refractivity contribution < 1.29 is 59.4 Å². The number of nitrogens with one attached hydrogen (secondary N) is 2. The Morgan fingerprint density at radius 2 is 1.08 bits per heavy atom. The molecule has 1 aliphatic heterocycles. The second-order valence-electron chi connectivity index (χ2n) is 16.5. The fraction of sp³-hybridized carbons (Fsp3) is 0.320. The molecule has 0 saturated carbocycles. The third-order valence-corrected chi connectivity index (χ3v) is 14.7. The van der Waals surface area contributed by atoms with Gasteiger partial charge < -0.3 is 29.0 Å². The Labute approximate surface area is 435 Å². The zero-order valence-corrected chi connectivity index (χ0v) is 42.5. The Bertz CT molecular complexity index is 3250. The Morgan fingerprint density at radius 3 is 1.47 bits per heavy atom. The molecule has 1 aliphatic rings. The van der Waals surface area contributed by atoms with Gasteiger partial charge in [0.2, 0.25) is 0 Å². The van der Waals surface area contributed by atoms with E-state index in [1.165, 1.54) is 61.2 Å². The fourth-order valence-corrected chi connectivity index (χ4v) is 10.7. The first kappa shape index (κ1) is 54.3. The van der Waals surface area contributed by atoms with Crippen LogP contribution in [0.2, 0.25) is 0 Å². The summed E-state index contributed by atoms with van der Waals surface area (Å²) in [6, 6.07) is 20.0. The smallest absolute Gasteiger partial charge is 0.439 e. The molecule has 4 aromatic carbocycles. The molecule has 4 aromatic heterocycles. The maximum absolute atomic E-state index is 13.1. The number of H-pyrrole nitrogens is 2. The summed E-state index contributed by atoms with van der Waals surface area (Å²) in [5.74, 6) is 3.25. The predicted octanol–water partition coefficient (Wildman–Crippen LogP) is 10.4. The molecule has 1 saturated heterocycles. The fourth-order valence-electron chi connectivity index (χ4n) is 7.68. The number of thioether (sulfide) groups is 1. The van der Waals surface area contributed by atoms with E-state index >= 15 is 0 Å². The van der Waals surface area contributed by atoms with Crippen LogP contribution in [0.25, 0.3) is 43.9 Å². The minimum atomic E-state index is -4.41. The van der Waals surface area contributed by atoms with Crippen molar-refractivity contribution in [3.8, 4) is 66.9 Å². The van der Waals surface area contributed by atoms with Gasteiger partial charge in [0.1, 0.15) is 46.2 Å². The van der Waals surface area contributed by atoms with Crippen LogP contribution >= 0.6 is 34.4 Å². The van der Waals surface area contributed by atoms with E-state index in [0.717, 1.165) is 83.7 Å². The number of aromatic nitrogens is 6. The van der Waals surface area contributed by atoms with Crippen molar-refractivity contribution in [2.75, 3.05) is 52.0 Å². The van der Waals surface area contributed by atoms with Crippen molar-refractivity contribution in [1.82, 2.24) is 35.1 Å². The number of aliphatic hydroxyl groups excluding tert-OH is 1. The van der Waals surface area contributed by atoms with Gasteiger partial charge in [0.25, 0.3) is 0 Å². The van der Waals surface area contributed by atoms with Gasteiger partial charge in [-0.3, -0.25) is 19.0 Å². The summed E-state index contributed by atoms with van der Waals surface area (Å²) in [6.45, 7) is 3.50. The minimum absolute atomic E-state index is 0.0176. The second kappa shape index (κ2) is 24.6. The van der Waals surface area contributed by atoms with Crippen molar-refractivity contribution in [2.45, 2.75) is 51.2 Å². The highest BCUT2D eigenvalue weighted by molar-refractivity contribution is 7.99. The maximum Gasteiger partial charge on any atom is 0.439 e. The monoisotopic (exact) mass is 1100 g/mol. The molecule has 0 atom stereocenters. The molecule has 3 N–H and O–H groups in total. The number of rotatable bonds is 19. The van der Waals surface area contributed by atoms with E-state index in [-0.39, 0.29) is 31.5 Å². The van der Waals surface area contributed by atoms with Gasteiger partial charge in [0, 0.05) is 54.5 Å². The maximum atomic E-state index is 13.1. The molecule has 9 rings (SSSR count). The van der Waals surface area contributed by atoms with Gasteiger partial charge in [0.15, 0.2) is 11.6 Å². The minimum Gasteiger partial charge on any atom is -0.496 e. The van der Waals surface area contributed by atoms with Gasteiger partial charge in [-0.25, -0.2) is 19.6 Å². The molecule has 8 aromatic rings. The lowest BCUT2D eigenvalue weighted by atomic mass is 10.1. The van der Waals surface area contributed by atoms with Crippen LogP contribution in [-0.4, -0.2) is 92.2 Å². The van der Waals surface area contributed by atoms with Gasteiger partial charge in [-0.2, -0.15) is 38.1 Å². The van der Waals surface area contributed by atoms with E-state index in [9.17, 15) is 41.0 Å². The molecule has 75 heavy (non-hydrogen) atoms. The highest BCUT2D eigenvalue weighted by Crippen LogP contribution is 2.38. The van der Waals surface area contributed by atoms with Crippen molar-refractivity contribution in [3.63, 3.8) is 0 Å². The summed E-state index contributed by atoms with van der Waals surface area (Å²) < 4.78 is 110. The molecule has 5 heterocycles. The van der Waals surface area contributed by atoms with Gasteiger partial charge >= 0.3 is 23.9 Å². The quantitative estimate of drug-likeness (QED) is 0.0645. The summed E-state index contributed by atoms with van der Waals surface area (Å²) in [7, 11) is 2.97. The number of nitrogens with zero attached hydrogens (tertiary/aromatic N) is 5. The van der Waals surface area contributed by atoms with Crippen molar-refractivity contribution in [3.05, 3.63) is 138 Å². The lowest BCUT2D eigenvalue weighted by molar-refractivity contribution is -0.138. The largest absolute Gasteiger partial charge is 0.496 e. The number of methoxy groups -OCH3 is 2. The van der Waals surface area contributed by atoms with E-state index in [4.69, 9.17) is 23.9 Å². The molecular formula is C50H47F6N7O9S3. The van der Waals surface area contributed by atoms with Crippen LogP contribution in [0.15, 0.2) is 104 Å². The van der Waals surface area contributed by atoms with E-state index in [0.29, 0.717) is 73.8 Å². The van der Waals surface area contributed by atoms with E-state index in [2.05, 4.69) is 39.2 Å². The Kier molecular flexibility index (Phi) is 17.8. The number of aromatic amines is 2. The molecular weight excluding hydrogens is 1050 g/mol. The molecule has 0 aliphatic carbocycles. The van der Waals surface area contributed by atoms with Crippen LogP contribution in [0.1, 0.15) is 45.1 Å². The zero-order valence-electron chi connectivity index (χ0n) is 40.0. The number of aryl methyl sites for hydroxylation is 2. The first-order valence-electron chi connectivity index (χ1n) is 23.1. The van der Waals surface area contributed by atoms with Crippen LogP contribution in [0, 0.1) is 0 Å². The Hall–Kier alpha value is -6.93. The van der Waals surface area contributed by atoms with E-state index in [1.54, 1.807) is 36.4 Å². The lowest BCUT2D eigenvalue weighted by Crippen LogP contribution is -2.33. The van der Waals surface area contributed by atoms with E-state index in [1.807, 2.05) is 11.8 Å². The lowest BCUT2D eigenvalue weighted by Gasteiger charge is -2.25. The topological polar surface area (TPSA) is 204 Å². The number of aliphatic hydroxyl groups is 1. The first-order valence-corrected chi connectivity index (χ1v) is 25.8. The van der Waals surface area contributed by atoms with Crippen LogP contribution < -0.4 is 30.5 Å². The van der Waals surface area contributed by atoms with Crippen LogP contribution in [0.3, 0.4) is 0 Å². The molecule has 1 fully saturated rings. The number of hydrogen-bond acceptors (Lipinski definition) is 17. The highest BCUT2D eigenvalue weighted by Gasteiger charge is 2.31. The summed E-state index contributed by atoms with van der Waals surface area (Å²) in [5, 5.41) is 17.8. The van der Waals surface area contributed by atoms with Crippen LogP contribution in [-0.2, 0) is 38.4 Å². The van der Waals surface area contributed by atoms with Gasteiger partial charge in [0.05, 0.1) is 57.6 Å². The number of alkyl halides is 6. The Morgan fingerprint density at radius 1 is 0.640 bits per heavy atom.